The van der Waals surface area contributed by atoms with Crippen molar-refractivity contribution in [1.29, 1.82) is 0 Å². The Morgan fingerprint density at radius 1 is 1.73 bits per heavy atom. The van der Waals surface area contributed by atoms with E-state index in [2.05, 4.69) is 20.9 Å². The third-order valence-corrected chi connectivity index (χ3v) is 2.16. The van der Waals surface area contributed by atoms with Crippen LogP contribution in [-0.4, -0.2) is 34.2 Å². The average molecular weight is 275 g/mol. The lowest BCUT2D eigenvalue weighted by Gasteiger charge is -2.18. The van der Waals surface area contributed by atoms with Crippen LogP contribution in [0.2, 0.25) is 0 Å². The molecule has 0 saturated carbocycles. The summed E-state index contributed by atoms with van der Waals surface area (Å²) in [4.78, 5) is 17.0. The molecule has 82 valence electrons. The van der Waals surface area contributed by atoms with E-state index in [1.54, 1.807) is 7.05 Å². The highest BCUT2D eigenvalue weighted by Crippen LogP contribution is 2.09. The minimum Gasteiger partial charge on any atom is -0.341 e. The number of pyridine rings is 1. The third kappa shape index (κ3) is 3.27. The lowest BCUT2D eigenvalue weighted by Crippen LogP contribution is -2.31. The first-order valence-electron chi connectivity index (χ1n) is 4.51. The number of alkyl halides is 1. The normalized spacial score (nSPS) is 12.3. The summed E-state index contributed by atoms with van der Waals surface area (Å²) >= 11 is 3.33. The van der Waals surface area contributed by atoms with E-state index in [0.29, 0.717) is 6.54 Å². The second kappa shape index (κ2) is 5.21. The van der Waals surface area contributed by atoms with E-state index in [1.165, 1.54) is 17.2 Å². The van der Waals surface area contributed by atoms with Crippen molar-refractivity contribution in [2.24, 2.45) is 0 Å². The summed E-state index contributed by atoms with van der Waals surface area (Å²) in [7, 11) is 1.64. The van der Waals surface area contributed by atoms with Gasteiger partial charge in [0.2, 0.25) is 0 Å². The number of nitrogens with zero attached hydrogens (tertiary/aromatic N) is 2. The van der Waals surface area contributed by atoms with Crippen LogP contribution in [0.25, 0.3) is 0 Å². The Morgan fingerprint density at radius 3 is 2.93 bits per heavy atom. The molecular weight excluding hydrogens is 263 g/mol. The molecule has 1 unspecified atom stereocenters. The van der Waals surface area contributed by atoms with E-state index < -0.39 is 5.82 Å². The van der Waals surface area contributed by atoms with Crippen molar-refractivity contribution in [2.75, 3.05) is 13.6 Å². The van der Waals surface area contributed by atoms with E-state index >= 15 is 0 Å². The fourth-order valence-corrected chi connectivity index (χ4v) is 1.65. The molecule has 1 amide bonds. The number of hydrogen-bond acceptors (Lipinski definition) is 2. The first-order valence-corrected chi connectivity index (χ1v) is 5.43. The zero-order valence-electron chi connectivity index (χ0n) is 8.58. The highest BCUT2D eigenvalue weighted by molar-refractivity contribution is 9.09. The predicted molar refractivity (Wildman–Crippen MR) is 59.5 cm³/mol. The minimum absolute atomic E-state index is 0.0562. The molecule has 0 radical (unpaired) electrons. The number of halogens is 2. The molecule has 0 aromatic carbocycles. The molecule has 0 saturated heterocycles. The van der Waals surface area contributed by atoms with Crippen LogP contribution in [0.1, 0.15) is 17.3 Å². The van der Waals surface area contributed by atoms with Crippen molar-refractivity contribution in [1.82, 2.24) is 9.88 Å². The molecule has 1 aromatic rings. The maximum Gasteiger partial charge on any atom is 0.256 e. The van der Waals surface area contributed by atoms with Crippen molar-refractivity contribution < 1.29 is 9.18 Å². The molecule has 1 heterocycles. The molecular formula is C10H12BrFN2O. The summed E-state index contributed by atoms with van der Waals surface area (Å²) in [5.74, 6) is -0.919. The standard InChI is InChI=1S/C10H12BrFN2O/c1-7(11)6-14(2)10(15)8-3-4-13-5-9(8)12/h3-5,7H,6H2,1-2H3. The van der Waals surface area contributed by atoms with Crippen LogP contribution in [0.4, 0.5) is 4.39 Å². The summed E-state index contributed by atoms with van der Waals surface area (Å²) in [6.45, 7) is 2.45. The molecule has 1 atom stereocenters. The SMILES string of the molecule is CC(Br)CN(C)C(=O)c1ccncc1F. The molecule has 1 rings (SSSR count). The van der Waals surface area contributed by atoms with Crippen molar-refractivity contribution in [3.8, 4) is 0 Å². The van der Waals surface area contributed by atoms with Crippen LogP contribution in [0.15, 0.2) is 18.5 Å². The van der Waals surface area contributed by atoms with Gasteiger partial charge in [0.05, 0.1) is 11.8 Å². The van der Waals surface area contributed by atoms with E-state index in [9.17, 15) is 9.18 Å². The number of aromatic nitrogens is 1. The summed E-state index contributed by atoms with van der Waals surface area (Å²) in [6.07, 6.45) is 2.44. The molecule has 0 bridgehead atoms. The van der Waals surface area contributed by atoms with Crippen LogP contribution in [0, 0.1) is 5.82 Å². The molecule has 0 N–H and O–H groups in total. The van der Waals surface area contributed by atoms with E-state index in [4.69, 9.17) is 0 Å². The van der Waals surface area contributed by atoms with Gasteiger partial charge in [0.15, 0.2) is 5.82 Å². The average Bonchev–Trinajstić information content (AvgIpc) is 2.16. The molecule has 0 aliphatic heterocycles. The van der Waals surface area contributed by atoms with Crippen molar-refractivity contribution in [3.05, 3.63) is 29.8 Å². The van der Waals surface area contributed by atoms with Crippen molar-refractivity contribution in [2.45, 2.75) is 11.8 Å². The Kier molecular flexibility index (Phi) is 4.20. The van der Waals surface area contributed by atoms with Crippen LogP contribution < -0.4 is 0 Å². The van der Waals surface area contributed by atoms with Crippen LogP contribution >= 0.6 is 15.9 Å². The molecule has 0 aliphatic rings. The van der Waals surface area contributed by atoms with E-state index in [-0.39, 0.29) is 16.3 Å². The maximum absolute atomic E-state index is 13.2. The molecule has 5 heteroatoms. The van der Waals surface area contributed by atoms with Gasteiger partial charge >= 0.3 is 0 Å². The zero-order valence-corrected chi connectivity index (χ0v) is 10.2. The summed E-state index contributed by atoms with van der Waals surface area (Å²) in [6, 6.07) is 1.38. The molecule has 0 spiro atoms. The first kappa shape index (κ1) is 12.1. The molecule has 3 nitrogen and oxygen atoms in total. The van der Waals surface area contributed by atoms with Gasteiger partial charge in [0.1, 0.15) is 0 Å². The van der Waals surface area contributed by atoms with Gasteiger partial charge in [-0.05, 0) is 6.07 Å². The Hall–Kier alpha value is -0.970. The third-order valence-electron chi connectivity index (χ3n) is 1.87. The monoisotopic (exact) mass is 274 g/mol. The topological polar surface area (TPSA) is 33.2 Å². The van der Waals surface area contributed by atoms with Gasteiger partial charge in [0, 0.05) is 24.6 Å². The van der Waals surface area contributed by atoms with Crippen molar-refractivity contribution >= 4 is 21.8 Å². The lowest BCUT2D eigenvalue weighted by molar-refractivity contribution is 0.0792. The Bertz CT molecular complexity index is 357. The summed E-state index contributed by atoms with van der Waals surface area (Å²) < 4.78 is 13.2. The van der Waals surface area contributed by atoms with Gasteiger partial charge < -0.3 is 4.90 Å². The highest BCUT2D eigenvalue weighted by Gasteiger charge is 2.16. The Labute approximate surface area is 96.4 Å². The largest absolute Gasteiger partial charge is 0.341 e. The van der Waals surface area contributed by atoms with Gasteiger partial charge in [-0.25, -0.2) is 4.39 Å². The zero-order chi connectivity index (χ0) is 11.4. The number of hydrogen-bond donors (Lipinski definition) is 0. The second-order valence-electron chi connectivity index (χ2n) is 3.32. The minimum atomic E-state index is -0.587. The smallest absolute Gasteiger partial charge is 0.256 e. The molecule has 1 aromatic heterocycles. The predicted octanol–water partition coefficient (Wildman–Crippen LogP) is 2.08. The molecule has 15 heavy (non-hydrogen) atoms. The van der Waals surface area contributed by atoms with Crippen LogP contribution in [0.3, 0.4) is 0 Å². The van der Waals surface area contributed by atoms with Gasteiger partial charge in [-0.3, -0.25) is 9.78 Å². The van der Waals surface area contributed by atoms with Gasteiger partial charge in [-0.15, -0.1) is 0 Å². The highest BCUT2D eigenvalue weighted by atomic mass is 79.9. The fourth-order valence-electron chi connectivity index (χ4n) is 1.21. The maximum atomic E-state index is 13.2. The van der Waals surface area contributed by atoms with Crippen molar-refractivity contribution in [3.63, 3.8) is 0 Å². The van der Waals surface area contributed by atoms with Gasteiger partial charge in [-0.2, -0.15) is 0 Å². The molecule has 0 fully saturated rings. The number of carbonyl (C=O) groups is 1. The lowest BCUT2D eigenvalue weighted by atomic mass is 10.2. The second-order valence-corrected chi connectivity index (χ2v) is 4.89. The van der Waals surface area contributed by atoms with Gasteiger partial charge in [-0.1, -0.05) is 22.9 Å². The number of carbonyl (C=O) groups excluding carboxylic acids is 1. The summed E-state index contributed by atoms with van der Waals surface area (Å²) in [5, 5.41) is 0. The summed E-state index contributed by atoms with van der Waals surface area (Å²) in [5.41, 5.74) is 0.0562. The van der Waals surface area contributed by atoms with Crippen LogP contribution in [-0.2, 0) is 0 Å². The first-order chi connectivity index (χ1) is 7.02. The Balaban J connectivity index is 2.81. The van der Waals surface area contributed by atoms with Crippen LogP contribution in [0.5, 0.6) is 0 Å². The fraction of sp³-hybridized carbons (Fsp3) is 0.400. The quantitative estimate of drug-likeness (QED) is 0.791. The Morgan fingerprint density at radius 2 is 2.40 bits per heavy atom. The number of amides is 1. The van der Waals surface area contributed by atoms with E-state index in [0.717, 1.165) is 6.20 Å². The number of rotatable bonds is 3. The van der Waals surface area contributed by atoms with E-state index in [1.807, 2.05) is 6.92 Å². The van der Waals surface area contributed by atoms with Gasteiger partial charge in [0.25, 0.3) is 5.91 Å². The molecule has 0 aliphatic carbocycles.